The zero-order valence-electron chi connectivity index (χ0n) is 8.29. The van der Waals surface area contributed by atoms with E-state index in [1.807, 2.05) is 13.0 Å². The van der Waals surface area contributed by atoms with Gasteiger partial charge in [-0.2, -0.15) is 0 Å². The summed E-state index contributed by atoms with van der Waals surface area (Å²) in [6.45, 7) is 2.52. The minimum atomic E-state index is -0.418. The van der Waals surface area contributed by atoms with Crippen LogP contribution in [-0.4, -0.2) is 6.61 Å². The molecule has 0 N–H and O–H groups in total. The van der Waals surface area contributed by atoms with Crippen molar-refractivity contribution in [1.29, 1.82) is 0 Å². The van der Waals surface area contributed by atoms with Crippen molar-refractivity contribution < 1.29 is 9.13 Å². The maximum absolute atomic E-state index is 13.0. The molecule has 0 amide bonds. The van der Waals surface area contributed by atoms with Crippen molar-refractivity contribution in [1.82, 2.24) is 0 Å². The standard InChI is InChI=1S/C12H14FO/c1-2-3-4-7-10-14-12-9-6-5-8-11(12)13/h2-3,5-6,9H,4,7,10H2,1H3. The maximum atomic E-state index is 13.0. The quantitative estimate of drug-likeness (QED) is 0.514. The van der Waals surface area contributed by atoms with Gasteiger partial charge in [0, 0.05) is 6.07 Å². The number of benzene rings is 1. The summed E-state index contributed by atoms with van der Waals surface area (Å²) in [5.74, 6) is -0.133. The molecule has 0 aliphatic rings. The van der Waals surface area contributed by atoms with Crippen LogP contribution < -0.4 is 4.74 Å². The SMILES string of the molecule is CC=CCCCOc1ccc[c]c1F. The summed E-state index contributed by atoms with van der Waals surface area (Å²) >= 11 is 0. The van der Waals surface area contributed by atoms with Crippen LogP contribution in [0, 0.1) is 11.9 Å². The number of allylic oxidation sites excluding steroid dienone is 2. The number of rotatable bonds is 5. The normalized spacial score (nSPS) is 10.7. The zero-order chi connectivity index (χ0) is 10.2. The molecule has 14 heavy (non-hydrogen) atoms. The summed E-state index contributed by atoms with van der Waals surface area (Å²) in [5, 5.41) is 0. The Morgan fingerprint density at radius 1 is 1.57 bits per heavy atom. The molecule has 0 aliphatic carbocycles. The smallest absolute Gasteiger partial charge is 0.172 e. The van der Waals surface area contributed by atoms with Gasteiger partial charge in [0.2, 0.25) is 0 Å². The Hall–Kier alpha value is -1.31. The van der Waals surface area contributed by atoms with Crippen molar-refractivity contribution in [2.24, 2.45) is 0 Å². The first-order chi connectivity index (χ1) is 6.84. The number of hydrogen-bond acceptors (Lipinski definition) is 1. The first-order valence-electron chi connectivity index (χ1n) is 4.74. The van der Waals surface area contributed by atoms with Crippen molar-refractivity contribution in [2.45, 2.75) is 19.8 Å². The lowest BCUT2D eigenvalue weighted by molar-refractivity contribution is 0.296. The lowest BCUT2D eigenvalue weighted by Gasteiger charge is -2.04. The first-order valence-corrected chi connectivity index (χ1v) is 4.74. The molecule has 0 fully saturated rings. The highest BCUT2D eigenvalue weighted by Crippen LogP contribution is 2.14. The fourth-order valence-electron chi connectivity index (χ4n) is 1.06. The van der Waals surface area contributed by atoms with Crippen LogP contribution in [0.1, 0.15) is 19.8 Å². The average molecular weight is 193 g/mol. The summed E-state index contributed by atoms with van der Waals surface area (Å²) < 4.78 is 18.2. The second-order valence-electron chi connectivity index (χ2n) is 2.91. The highest BCUT2D eigenvalue weighted by Gasteiger charge is 1.99. The van der Waals surface area contributed by atoms with Gasteiger partial charge in [0.05, 0.1) is 6.61 Å². The molecular weight excluding hydrogens is 179 g/mol. The van der Waals surface area contributed by atoms with Crippen LogP contribution in [0.5, 0.6) is 5.75 Å². The van der Waals surface area contributed by atoms with Crippen LogP contribution in [0.3, 0.4) is 0 Å². The average Bonchev–Trinajstić information content (AvgIpc) is 2.20. The van der Waals surface area contributed by atoms with Gasteiger partial charge >= 0.3 is 0 Å². The van der Waals surface area contributed by atoms with Crippen molar-refractivity contribution >= 4 is 0 Å². The molecule has 0 saturated heterocycles. The summed E-state index contributed by atoms with van der Waals surface area (Å²) in [6.07, 6.45) is 5.93. The molecule has 1 aromatic rings. The molecule has 75 valence electrons. The summed E-state index contributed by atoms with van der Waals surface area (Å²) in [6, 6.07) is 7.30. The van der Waals surface area contributed by atoms with Crippen LogP contribution in [0.15, 0.2) is 30.4 Å². The largest absolute Gasteiger partial charge is 0.490 e. The Labute approximate surface area is 84.2 Å². The summed E-state index contributed by atoms with van der Waals surface area (Å²) in [7, 11) is 0. The van der Waals surface area contributed by atoms with Gasteiger partial charge in [-0.15, -0.1) is 0 Å². The molecule has 1 radical (unpaired) electrons. The second kappa shape index (κ2) is 6.19. The number of halogens is 1. The first kappa shape index (κ1) is 10.8. The van der Waals surface area contributed by atoms with Crippen molar-refractivity contribution in [3.8, 4) is 5.75 Å². The van der Waals surface area contributed by atoms with Crippen LogP contribution >= 0.6 is 0 Å². The number of unbranched alkanes of at least 4 members (excludes halogenated alkanes) is 1. The minimum absolute atomic E-state index is 0.285. The van der Waals surface area contributed by atoms with Gasteiger partial charge in [0.15, 0.2) is 11.6 Å². The Morgan fingerprint density at radius 2 is 2.43 bits per heavy atom. The lowest BCUT2D eigenvalue weighted by atomic mass is 10.3. The predicted molar refractivity (Wildman–Crippen MR) is 54.8 cm³/mol. The van der Waals surface area contributed by atoms with Crippen LogP contribution in [-0.2, 0) is 0 Å². The van der Waals surface area contributed by atoms with Crippen molar-refractivity contribution in [3.63, 3.8) is 0 Å². The molecule has 0 saturated carbocycles. The molecular formula is C12H14FO. The van der Waals surface area contributed by atoms with Gasteiger partial charge in [-0.25, -0.2) is 4.39 Å². The molecule has 0 heterocycles. The molecule has 0 aromatic heterocycles. The lowest BCUT2D eigenvalue weighted by Crippen LogP contribution is -1.98. The molecule has 1 rings (SSSR count). The second-order valence-corrected chi connectivity index (χ2v) is 2.91. The third-order valence-electron chi connectivity index (χ3n) is 1.78. The van der Waals surface area contributed by atoms with E-state index in [0.717, 1.165) is 12.8 Å². The third kappa shape index (κ3) is 3.60. The zero-order valence-corrected chi connectivity index (χ0v) is 8.29. The monoisotopic (exact) mass is 193 g/mol. The minimum Gasteiger partial charge on any atom is -0.490 e. The third-order valence-corrected chi connectivity index (χ3v) is 1.78. The molecule has 0 bridgehead atoms. The summed E-state index contributed by atoms with van der Waals surface area (Å²) in [5.41, 5.74) is 0. The van der Waals surface area contributed by atoms with E-state index in [2.05, 4.69) is 12.1 Å². The van der Waals surface area contributed by atoms with Crippen LogP contribution in [0.25, 0.3) is 0 Å². The van der Waals surface area contributed by atoms with E-state index in [9.17, 15) is 4.39 Å². The van der Waals surface area contributed by atoms with E-state index in [4.69, 9.17) is 4.74 Å². The Morgan fingerprint density at radius 3 is 3.14 bits per heavy atom. The topological polar surface area (TPSA) is 9.23 Å². The van der Waals surface area contributed by atoms with E-state index in [1.54, 1.807) is 12.1 Å². The fourth-order valence-corrected chi connectivity index (χ4v) is 1.06. The molecule has 1 aromatic carbocycles. The van der Waals surface area contributed by atoms with Crippen molar-refractivity contribution in [3.05, 3.63) is 42.2 Å². The molecule has 0 unspecified atom stereocenters. The van der Waals surface area contributed by atoms with E-state index < -0.39 is 5.82 Å². The van der Waals surface area contributed by atoms with Gasteiger partial charge in [0.1, 0.15) is 0 Å². The maximum Gasteiger partial charge on any atom is 0.172 e. The van der Waals surface area contributed by atoms with Crippen LogP contribution in [0.2, 0.25) is 0 Å². The van der Waals surface area contributed by atoms with Crippen molar-refractivity contribution in [2.75, 3.05) is 6.61 Å². The van der Waals surface area contributed by atoms with Gasteiger partial charge in [0.25, 0.3) is 0 Å². The van der Waals surface area contributed by atoms with E-state index in [1.165, 1.54) is 6.07 Å². The Balaban J connectivity index is 2.28. The van der Waals surface area contributed by atoms with Gasteiger partial charge in [-0.1, -0.05) is 24.3 Å². The number of ether oxygens (including phenoxy) is 1. The van der Waals surface area contributed by atoms with E-state index >= 15 is 0 Å². The highest BCUT2D eigenvalue weighted by molar-refractivity contribution is 5.22. The van der Waals surface area contributed by atoms with Crippen LogP contribution in [0.4, 0.5) is 4.39 Å². The number of hydrogen-bond donors (Lipinski definition) is 0. The highest BCUT2D eigenvalue weighted by atomic mass is 19.1. The summed E-state index contributed by atoms with van der Waals surface area (Å²) in [4.78, 5) is 0. The van der Waals surface area contributed by atoms with Gasteiger partial charge in [-0.05, 0) is 25.8 Å². The molecule has 0 aliphatic heterocycles. The molecule has 1 nitrogen and oxygen atoms in total. The van der Waals surface area contributed by atoms with Gasteiger partial charge in [-0.3, -0.25) is 0 Å². The Bertz CT molecular complexity index is 294. The molecule has 0 spiro atoms. The fraction of sp³-hybridized carbons (Fsp3) is 0.333. The molecule has 2 heteroatoms. The Kier molecular flexibility index (Phi) is 4.76. The van der Waals surface area contributed by atoms with Gasteiger partial charge < -0.3 is 4.74 Å². The van der Waals surface area contributed by atoms with E-state index in [0.29, 0.717) is 6.61 Å². The molecule has 0 atom stereocenters. The predicted octanol–water partition coefficient (Wildman–Crippen LogP) is 3.36. The van der Waals surface area contributed by atoms with E-state index in [-0.39, 0.29) is 5.75 Å².